The number of hydrogen-bond acceptors (Lipinski definition) is 4. The van der Waals surface area contributed by atoms with E-state index in [0.717, 1.165) is 49.1 Å². The number of piperazine rings is 1. The van der Waals surface area contributed by atoms with Crippen LogP contribution in [0.3, 0.4) is 0 Å². The number of rotatable bonds is 4. The van der Waals surface area contributed by atoms with E-state index in [1.54, 1.807) is 6.20 Å². The molecule has 0 unspecified atom stereocenters. The number of nitrogens with one attached hydrogen (secondary N) is 1. The van der Waals surface area contributed by atoms with Crippen LogP contribution in [-0.2, 0) is 6.54 Å². The van der Waals surface area contributed by atoms with E-state index in [2.05, 4.69) is 47.1 Å². The van der Waals surface area contributed by atoms with Gasteiger partial charge in [-0.3, -0.25) is 0 Å². The van der Waals surface area contributed by atoms with Crippen LogP contribution in [0.25, 0.3) is 0 Å². The molecule has 0 aliphatic carbocycles. The third-order valence-electron chi connectivity index (χ3n) is 3.45. The fourth-order valence-corrected chi connectivity index (χ4v) is 2.30. The molecule has 1 aromatic rings. The average molecular weight is 283 g/mol. The second-order valence-corrected chi connectivity index (χ2v) is 5.87. The van der Waals surface area contributed by atoms with Crippen molar-refractivity contribution in [2.45, 2.75) is 26.4 Å². The van der Waals surface area contributed by atoms with Crippen molar-refractivity contribution in [3.05, 3.63) is 22.8 Å². The standard InChI is InChI=1S/C14H23ClN4/c1-11(2)16-9-12-8-14(17-10-13(12)15)19-6-4-18(3)5-7-19/h8,10-11,16H,4-7,9H2,1-3H3. The van der Waals surface area contributed by atoms with Gasteiger partial charge in [0, 0.05) is 45.0 Å². The first-order valence-corrected chi connectivity index (χ1v) is 7.25. The van der Waals surface area contributed by atoms with Crippen LogP contribution in [0.4, 0.5) is 5.82 Å². The zero-order chi connectivity index (χ0) is 13.8. The molecule has 1 N–H and O–H groups in total. The minimum Gasteiger partial charge on any atom is -0.354 e. The molecule has 5 heteroatoms. The van der Waals surface area contributed by atoms with Crippen molar-refractivity contribution in [2.24, 2.45) is 0 Å². The van der Waals surface area contributed by atoms with Gasteiger partial charge in [-0.15, -0.1) is 0 Å². The van der Waals surface area contributed by atoms with Crippen molar-refractivity contribution in [3.8, 4) is 0 Å². The van der Waals surface area contributed by atoms with E-state index in [1.807, 2.05) is 0 Å². The van der Waals surface area contributed by atoms with Crippen molar-refractivity contribution in [3.63, 3.8) is 0 Å². The summed E-state index contributed by atoms with van der Waals surface area (Å²) >= 11 is 6.21. The highest BCUT2D eigenvalue weighted by Gasteiger charge is 2.16. The summed E-state index contributed by atoms with van der Waals surface area (Å²) in [7, 11) is 2.16. The number of anilines is 1. The van der Waals surface area contributed by atoms with Gasteiger partial charge in [0.1, 0.15) is 5.82 Å². The molecule has 0 aromatic carbocycles. The van der Waals surface area contributed by atoms with Gasteiger partial charge in [-0.2, -0.15) is 0 Å². The van der Waals surface area contributed by atoms with E-state index in [-0.39, 0.29) is 0 Å². The average Bonchev–Trinajstić information content (AvgIpc) is 2.39. The maximum Gasteiger partial charge on any atom is 0.128 e. The van der Waals surface area contributed by atoms with Gasteiger partial charge in [-0.25, -0.2) is 4.98 Å². The monoisotopic (exact) mass is 282 g/mol. The number of likely N-dealkylation sites (N-methyl/N-ethyl adjacent to an activating group) is 1. The van der Waals surface area contributed by atoms with Crippen LogP contribution < -0.4 is 10.2 Å². The Balaban J connectivity index is 2.07. The second-order valence-electron chi connectivity index (χ2n) is 5.46. The summed E-state index contributed by atoms with van der Waals surface area (Å²) in [4.78, 5) is 9.13. The normalized spacial score (nSPS) is 17.2. The SMILES string of the molecule is CC(C)NCc1cc(N2CCN(C)CC2)ncc1Cl. The predicted octanol–water partition coefficient (Wildman–Crippen LogP) is 1.98. The van der Waals surface area contributed by atoms with Crippen LogP contribution in [0.1, 0.15) is 19.4 Å². The minimum absolute atomic E-state index is 0.455. The number of halogens is 1. The van der Waals surface area contributed by atoms with Gasteiger partial charge in [0.05, 0.1) is 5.02 Å². The van der Waals surface area contributed by atoms with E-state index in [4.69, 9.17) is 11.6 Å². The maximum atomic E-state index is 6.21. The first kappa shape index (κ1) is 14.6. The molecule has 19 heavy (non-hydrogen) atoms. The lowest BCUT2D eigenvalue weighted by atomic mass is 10.2. The van der Waals surface area contributed by atoms with E-state index >= 15 is 0 Å². The van der Waals surface area contributed by atoms with Crippen molar-refractivity contribution in [1.29, 1.82) is 0 Å². The molecule has 0 atom stereocenters. The van der Waals surface area contributed by atoms with Gasteiger partial charge in [-0.1, -0.05) is 25.4 Å². The molecule has 1 aromatic heterocycles. The van der Waals surface area contributed by atoms with Gasteiger partial charge in [0.25, 0.3) is 0 Å². The zero-order valence-electron chi connectivity index (χ0n) is 12.0. The molecule has 0 bridgehead atoms. The van der Waals surface area contributed by atoms with E-state index in [0.29, 0.717) is 6.04 Å². The Hall–Kier alpha value is -0.840. The largest absolute Gasteiger partial charge is 0.354 e. The molecule has 2 rings (SSSR count). The van der Waals surface area contributed by atoms with Crippen molar-refractivity contribution in [2.75, 3.05) is 38.1 Å². The minimum atomic E-state index is 0.455. The van der Waals surface area contributed by atoms with Crippen LogP contribution in [0.2, 0.25) is 5.02 Å². The van der Waals surface area contributed by atoms with Gasteiger partial charge in [0.15, 0.2) is 0 Å². The highest BCUT2D eigenvalue weighted by atomic mass is 35.5. The van der Waals surface area contributed by atoms with E-state index in [9.17, 15) is 0 Å². The lowest BCUT2D eigenvalue weighted by Gasteiger charge is -2.33. The Bertz CT molecular complexity index is 414. The van der Waals surface area contributed by atoms with Gasteiger partial charge < -0.3 is 15.1 Å². The second kappa shape index (κ2) is 6.55. The Labute approximate surface area is 120 Å². The Kier molecular flexibility index (Phi) is 5.02. The summed E-state index contributed by atoms with van der Waals surface area (Å²) in [6.07, 6.45) is 1.77. The predicted molar refractivity (Wildman–Crippen MR) is 80.9 cm³/mol. The highest BCUT2D eigenvalue weighted by Crippen LogP contribution is 2.21. The lowest BCUT2D eigenvalue weighted by Crippen LogP contribution is -2.44. The first-order chi connectivity index (χ1) is 9.06. The molecule has 1 aliphatic heterocycles. The molecule has 0 spiro atoms. The quantitative estimate of drug-likeness (QED) is 0.915. The van der Waals surface area contributed by atoms with Crippen LogP contribution in [0.15, 0.2) is 12.3 Å². The highest BCUT2D eigenvalue weighted by molar-refractivity contribution is 6.31. The van der Waals surface area contributed by atoms with Crippen LogP contribution in [0, 0.1) is 0 Å². The Morgan fingerprint density at radius 3 is 2.63 bits per heavy atom. The molecule has 4 nitrogen and oxygen atoms in total. The van der Waals surface area contributed by atoms with Crippen molar-refractivity contribution >= 4 is 17.4 Å². The summed E-state index contributed by atoms with van der Waals surface area (Å²) < 4.78 is 0. The summed E-state index contributed by atoms with van der Waals surface area (Å²) in [6, 6.07) is 2.57. The molecule has 2 heterocycles. The number of pyridine rings is 1. The summed E-state index contributed by atoms with van der Waals surface area (Å²) in [5, 5.41) is 4.14. The molecule has 1 aliphatic rings. The van der Waals surface area contributed by atoms with Crippen LogP contribution in [-0.4, -0.2) is 49.2 Å². The topological polar surface area (TPSA) is 31.4 Å². The third-order valence-corrected chi connectivity index (χ3v) is 3.79. The molecule has 0 saturated carbocycles. The smallest absolute Gasteiger partial charge is 0.128 e. The molecular formula is C14H23ClN4. The Morgan fingerprint density at radius 1 is 1.32 bits per heavy atom. The summed E-state index contributed by atoms with van der Waals surface area (Å²) in [5.74, 6) is 1.04. The summed E-state index contributed by atoms with van der Waals surface area (Å²) in [5.41, 5.74) is 1.12. The lowest BCUT2D eigenvalue weighted by molar-refractivity contribution is 0.312. The fraction of sp³-hybridized carbons (Fsp3) is 0.643. The molecule has 1 saturated heterocycles. The molecule has 0 amide bonds. The van der Waals surface area contributed by atoms with Crippen LogP contribution >= 0.6 is 11.6 Å². The molecule has 0 radical (unpaired) electrons. The van der Waals surface area contributed by atoms with Crippen molar-refractivity contribution in [1.82, 2.24) is 15.2 Å². The van der Waals surface area contributed by atoms with E-state index < -0.39 is 0 Å². The van der Waals surface area contributed by atoms with Gasteiger partial charge in [0.2, 0.25) is 0 Å². The maximum absolute atomic E-state index is 6.21. The van der Waals surface area contributed by atoms with E-state index in [1.165, 1.54) is 0 Å². The number of hydrogen-bond donors (Lipinski definition) is 1. The van der Waals surface area contributed by atoms with Gasteiger partial charge >= 0.3 is 0 Å². The number of nitrogens with zero attached hydrogens (tertiary/aromatic N) is 3. The molecular weight excluding hydrogens is 260 g/mol. The van der Waals surface area contributed by atoms with Gasteiger partial charge in [-0.05, 0) is 18.7 Å². The number of aromatic nitrogens is 1. The first-order valence-electron chi connectivity index (χ1n) is 6.87. The fourth-order valence-electron chi connectivity index (χ4n) is 2.13. The molecule has 106 valence electrons. The zero-order valence-corrected chi connectivity index (χ0v) is 12.7. The molecule has 1 fully saturated rings. The Morgan fingerprint density at radius 2 is 2.00 bits per heavy atom. The van der Waals surface area contributed by atoms with Crippen molar-refractivity contribution < 1.29 is 0 Å². The summed E-state index contributed by atoms with van der Waals surface area (Å²) in [6.45, 7) is 9.30. The third kappa shape index (κ3) is 4.06. The van der Waals surface area contributed by atoms with Crippen LogP contribution in [0.5, 0.6) is 0 Å².